The molecule has 0 aliphatic heterocycles. The van der Waals surface area contributed by atoms with Crippen molar-refractivity contribution in [3.05, 3.63) is 44.6 Å². The van der Waals surface area contributed by atoms with Crippen molar-refractivity contribution < 1.29 is 18.7 Å². The molecule has 0 fully saturated rings. The fourth-order valence-corrected chi connectivity index (χ4v) is 2.73. The smallest absolute Gasteiger partial charge is 0.343 e. The molecule has 0 atom stereocenters. The number of benzene rings is 1. The van der Waals surface area contributed by atoms with Crippen LogP contribution in [-0.2, 0) is 9.53 Å². The van der Waals surface area contributed by atoms with E-state index < -0.39 is 29.9 Å². The van der Waals surface area contributed by atoms with Crippen molar-refractivity contribution >= 4 is 55.9 Å². The largest absolute Gasteiger partial charge is 0.452 e. The molecule has 0 spiro atoms. The predicted molar refractivity (Wildman–Crippen MR) is 80.1 cm³/mol. The number of carbonyl (C=O) groups is 2. The van der Waals surface area contributed by atoms with Crippen LogP contribution in [0.1, 0.15) is 10.4 Å². The number of hydrogen-bond acceptors (Lipinski definition) is 5. The third kappa shape index (κ3) is 4.23. The zero-order chi connectivity index (χ0) is 15.4. The van der Waals surface area contributed by atoms with Gasteiger partial charge in [-0.25, -0.2) is 14.2 Å². The van der Waals surface area contributed by atoms with Crippen molar-refractivity contribution in [3.8, 4) is 0 Å². The number of amides is 1. The molecule has 0 radical (unpaired) electrons. The van der Waals surface area contributed by atoms with E-state index in [-0.39, 0.29) is 5.02 Å². The molecule has 110 valence electrons. The second-order valence-corrected chi connectivity index (χ2v) is 6.51. The molecule has 1 N–H and O–H groups in total. The number of nitrogens with one attached hydrogen (secondary N) is 1. The number of thiazole rings is 1. The van der Waals surface area contributed by atoms with Crippen molar-refractivity contribution in [1.29, 1.82) is 0 Å². The zero-order valence-corrected chi connectivity index (χ0v) is 13.4. The molecule has 0 saturated heterocycles. The highest BCUT2D eigenvalue weighted by molar-refractivity contribution is 9.11. The summed E-state index contributed by atoms with van der Waals surface area (Å²) in [5, 5.41) is 2.71. The SMILES string of the molecule is O=C(COC(=O)c1c(F)cccc1Cl)Nc1ncc(Br)s1. The van der Waals surface area contributed by atoms with Crippen molar-refractivity contribution in [2.24, 2.45) is 0 Å². The molecular weight excluding hydrogens is 387 g/mol. The summed E-state index contributed by atoms with van der Waals surface area (Å²) in [4.78, 5) is 27.2. The second kappa shape index (κ2) is 6.97. The number of aromatic nitrogens is 1. The first-order valence-electron chi connectivity index (χ1n) is 5.49. The summed E-state index contributed by atoms with van der Waals surface area (Å²) in [6.45, 7) is -0.569. The molecule has 0 aliphatic rings. The molecule has 9 heteroatoms. The number of nitrogens with zero attached hydrogens (tertiary/aromatic N) is 1. The Morgan fingerprint density at radius 2 is 2.24 bits per heavy atom. The minimum Gasteiger partial charge on any atom is -0.452 e. The van der Waals surface area contributed by atoms with Gasteiger partial charge in [0.05, 0.1) is 15.0 Å². The molecule has 1 amide bonds. The number of rotatable bonds is 4. The molecule has 0 saturated carbocycles. The van der Waals surface area contributed by atoms with Gasteiger partial charge >= 0.3 is 5.97 Å². The van der Waals surface area contributed by atoms with E-state index in [0.29, 0.717) is 5.13 Å². The first-order valence-corrected chi connectivity index (χ1v) is 7.48. The lowest BCUT2D eigenvalue weighted by Gasteiger charge is -2.06. The van der Waals surface area contributed by atoms with E-state index in [1.807, 2.05) is 0 Å². The maximum absolute atomic E-state index is 13.5. The summed E-state index contributed by atoms with van der Waals surface area (Å²) < 4.78 is 18.9. The van der Waals surface area contributed by atoms with Gasteiger partial charge in [0.1, 0.15) is 11.4 Å². The summed E-state index contributed by atoms with van der Waals surface area (Å²) in [6.07, 6.45) is 1.52. The normalized spacial score (nSPS) is 10.2. The quantitative estimate of drug-likeness (QED) is 0.807. The van der Waals surface area contributed by atoms with Crippen molar-refractivity contribution in [2.45, 2.75) is 0 Å². The van der Waals surface area contributed by atoms with E-state index in [9.17, 15) is 14.0 Å². The van der Waals surface area contributed by atoms with Gasteiger partial charge in [-0.1, -0.05) is 29.0 Å². The number of esters is 1. The van der Waals surface area contributed by atoms with E-state index in [1.165, 1.54) is 29.7 Å². The van der Waals surface area contributed by atoms with Crippen molar-refractivity contribution in [2.75, 3.05) is 11.9 Å². The molecule has 5 nitrogen and oxygen atoms in total. The van der Waals surface area contributed by atoms with Crippen LogP contribution in [0.15, 0.2) is 28.2 Å². The van der Waals surface area contributed by atoms with Crippen LogP contribution in [0.25, 0.3) is 0 Å². The monoisotopic (exact) mass is 392 g/mol. The summed E-state index contributed by atoms with van der Waals surface area (Å²) in [7, 11) is 0. The number of ether oxygens (including phenoxy) is 1. The summed E-state index contributed by atoms with van der Waals surface area (Å²) >= 11 is 10.1. The van der Waals surface area contributed by atoms with Gasteiger partial charge in [-0.05, 0) is 28.1 Å². The number of hydrogen-bond donors (Lipinski definition) is 1. The van der Waals surface area contributed by atoms with Gasteiger partial charge < -0.3 is 4.74 Å². The third-order valence-electron chi connectivity index (χ3n) is 2.23. The van der Waals surface area contributed by atoms with E-state index in [4.69, 9.17) is 16.3 Å². The van der Waals surface area contributed by atoms with Crippen LogP contribution in [0.4, 0.5) is 9.52 Å². The lowest BCUT2D eigenvalue weighted by Crippen LogP contribution is -2.21. The molecular formula is C12H7BrClFN2O3S. The standard InChI is InChI=1S/C12H7BrClFN2O3S/c13-8-4-16-12(21-8)17-9(18)5-20-11(19)10-6(14)2-1-3-7(10)15/h1-4H,5H2,(H,16,17,18). The molecule has 0 aliphatic carbocycles. The highest BCUT2D eigenvalue weighted by Gasteiger charge is 2.18. The molecule has 1 aromatic heterocycles. The van der Waals surface area contributed by atoms with Crippen LogP contribution < -0.4 is 5.32 Å². The van der Waals surface area contributed by atoms with Crippen molar-refractivity contribution in [1.82, 2.24) is 4.98 Å². The maximum atomic E-state index is 13.5. The Kier molecular flexibility index (Phi) is 5.27. The van der Waals surface area contributed by atoms with Crippen LogP contribution in [0.3, 0.4) is 0 Å². The van der Waals surface area contributed by atoms with Gasteiger partial charge in [0.15, 0.2) is 11.7 Å². The molecule has 2 aromatic rings. The van der Waals surface area contributed by atoms with Gasteiger partial charge in [-0.3, -0.25) is 10.1 Å². The van der Waals surface area contributed by atoms with Crippen LogP contribution in [-0.4, -0.2) is 23.5 Å². The fraction of sp³-hybridized carbons (Fsp3) is 0.0833. The molecule has 1 heterocycles. The van der Waals surface area contributed by atoms with Gasteiger partial charge in [0, 0.05) is 0 Å². The molecule has 0 bridgehead atoms. The van der Waals surface area contributed by atoms with E-state index in [2.05, 4.69) is 26.2 Å². The van der Waals surface area contributed by atoms with Gasteiger partial charge in [-0.15, -0.1) is 0 Å². The Morgan fingerprint density at radius 3 is 2.86 bits per heavy atom. The Hall–Kier alpha value is -1.51. The van der Waals surface area contributed by atoms with Crippen LogP contribution >= 0.6 is 38.9 Å². The second-order valence-electron chi connectivity index (χ2n) is 3.69. The van der Waals surface area contributed by atoms with Gasteiger partial charge in [0.25, 0.3) is 5.91 Å². The average Bonchev–Trinajstić information content (AvgIpc) is 2.81. The molecule has 21 heavy (non-hydrogen) atoms. The number of carbonyl (C=O) groups excluding carboxylic acids is 2. The van der Waals surface area contributed by atoms with Crippen molar-refractivity contribution in [3.63, 3.8) is 0 Å². The highest BCUT2D eigenvalue weighted by Crippen LogP contribution is 2.23. The van der Waals surface area contributed by atoms with Crippen LogP contribution in [0, 0.1) is 5.82 Å². The zero-order valence-electron chi connectivity index (χ0n) is 10.2. The van der Waals surface area contributed by atoms with Gasteiger partial charge in [-0.2, -0.15) is 0 Å². The molecule has 2 rings (SSSR count). The minimum absolute atomic E-state index is 0.0794. The van der Waals surface area contributed by atoms with E-state index in [1.54, 1.807) is 0 Å². The Morgan fingerprint density at radius 1 is 1.48 bits per heavy atom. The lowest BCUT2D eigenvalue weighted by atomic mass is 10.2. The summed E-state index contributed by atoms with van der Waals surface area (Å²) in [5.74, 6) is -2.40. The average molecular weight is 394 g/mol. The topological polar surface area (TPSA) is 68.3 Å². The molecule has 1 aromatic carbocycles. The lowest BCUT2D eigenvalue weighted by molar-refractivity contribution is -0.119. The summed E-state index contributed by atoms with van der Waals surface area (Å²) in [6, 6.07) is 3.80. The minimum atomic E-state index is -1.01. The maximum Gasteiger partial charge on any atom is 0.343 e. The van der Waals surface area contributed by atoms with Crippen LogP contribution in [0.5, 0.6) is 0 Å². The number of halogens is 3. The Balaban J connectivity index is 1.93. The van der Waals surface area contributed by atoms with E-state index >= 15 is 0 Å². The van der Waals surface area contributed by atoms with E-state index in [0.717, 1.165) is 9.85 Å². The fourth-order valence-electron chi connectivity index (χ4n) is 1.36. The third-order valence-corrected chi connectivity index (χ3v) is 3.93. The first kappa shape index (κ1) is 15.9. The van der Waals surface area contributed by atoms with Gasteiger partial charge in [0.2, 0.25) is 0 Å². The predicted octanol–water partition coefficient (Wildman–Crippen LogP) is 3.49. The Labute approximate surface area is 136 Å². The Bertz CT molecular complexity index is 675. The first-order chi connectivity index (χ1) is 9.97. The highest BCUT2D eigenvalue weighted by atomic mass is 79.9. The molecule has 0 unspecified atom stereocenters. The summed E-state index contributed by atoms with van der Waals surface area (Å²) in [5.41, 5.74) is -0.399. The van der Waals surface area contributed by atoms with Crippen LogP contribution in [0.2, 0.25) is 5.02 Å². The number of anilines is 1.